The van der Waals surface area contributed by atoms with E-state index >= 15 is 0 Å². The maximum Gasteiger partial charge on any atom is 0.247 e. The second-order valence-electron chi connectivity index (χ2n) is 9.18. The maximum atomic E-state index is 13.2. The van der Waals surface area contributed by atoms with Gasteiger partial charge in [0.15, 0.2) is 5.82 Å². The van der Waals surface area contributed by atoms with Crippen LogP contribution in [0.1, 0.15) is 37.3 Å². The summed E-state index contributed by atoms with van der Waals surface area (Å²) in [6, 6.07) is 4.21. The molecule has 0 bridgehead atoms. The van der Waals surface area contributed by atoms with Gasteiger partial charge in [0.05, 0.1) is 25.1 Å². The third-order valence-corrected chi connectivity index (χ3v) is 6.57. The summed E-state index contributed by atoms with van der Waals surface area (Å²) in [7, 11) is 0. The Balaban J connectivity index is 1.26. The topological polar surface area (TPSA) is 137 Å². The van der Waals surface area contributed by atoms with E-state index in [-0.39, 0.29) is 5.91 Å². The molecule has 3 aromatic rings. The molecule has 2 saturated heterocycles. The minimum Gasteiger partial charge on any atom is -0.378 e. The van der Waals surface area contributed by atoms with Gasteiger partial charge in [-0.2, -0.15) is 24.4 Å². The summed E-state index contributed by atoms with van der Waals surface area (Å²) in [6.07, 6.45) is 5.10. The molecule has 3 N–H and O–H groups in total. The van der Waals surface area contributed by atoms with Crippen LogP contribution < -0.4 is 20.4 Å². The quantitative estimate of drug-likeness (QED) is 0.419. The first-order valence-electron chi connectivity index (χ1n) is 12.2. The van der Waals surface area contributed by atoms with E-state index in [1.54, 1.807) is 0 Å². The Morgan fingerprint density at radius 2 is 1.92 bits per heavy atom. The van der Waals surface area contributed by atoms with Gasteiger partial charge in [0, 0.05) is 37.3 Å². The SMILES string of the molecule is O=C(Nc1ccc(F)nc1)[C@@H]1CCCN1c1nc(Nc2cc(C3CC3)[nH]n2)nc(N2CCOCC2)n1. The molecule has 5 heterocycles. The lowest BCUT2D eigenvalue weighted by atomic mass is 10.2. The van der Waals surface area contributed by atoms with Gasteiger partial charge < -0.3 is 25.2 Å². The van der Waals surface area contributed by atoms with Crippen LogP contribution in [0.5, 0.6) is 0 Å². The van der Waals surface area contributed by atoms with Crippen molar-refractivity contribution >= 4 is 35.3 Å². The van der Waals surface area contributed by atoms with Gasteiger partial charge in [-0.1, -0.05) is 0 Å². The van der Waals surface area contributed by atoms with Crippen molar-refractivity contribution in [2.24, 2.45) is 0 Å². The Hall–Kier alpha value is -3.87. The molecule has 13 heteroatoms. The second kappa shape index (κ2) is 9.64. The Morgan fingerprint density at radius 1 is 1.08 bits per heavy atom. The molecule has 6 rings (SSSR count). The van der Waals surface area contributed by atoms with Crippen LogP contribution in [-0.2, 0) is 9.53 Å². The van der Waals surface area contributed by atoms with Crippen molar-refractivity contribution in [1.82, 2.24) is 30.1 Å². The third kappa shape index (κ3) is 4.91. The first-order chi connectivity index (χ1) is 17.6. The van der Waals surface area contributed by atoms with E-state index in [0.29, 0.717) is 74.5 Å². The van der Waals surface area contributed by atoms with E-state index in [4.69, 9.17) is 9.72 Å². The minimum atomic E-state index is -0.600. The third-order valence-electron chi connectivity index (χ3n) is 6.57. The number of ether oxygens (including phenoxy) is 1. The van der Waals surface area contributed by atoms with E-state index in [1.165, 1.54) is 31.2 Å². The van der Waals surface area contributed by atoms with Crippen LogP contribution >= 0.6 is 0 Å². The first-order valence-corrected chi connectivity index (χ1v) is 12.2. The van der Waals surface area contributed by atoms with Gasteiger partial charge in [-0.3, -0.25) is 9.89 Å². The van der Waals surface area contributed by atoms with E-state index < -0.39 is 12.0 Å². The minimum absolute atomic E-state index is 0.217. The molecule has 0 unspecified atom stereocenters. The number of rotatable bonds is 7. The summed E-state index contributed by atoms with van der Waals surface area (Å²) in [5.74, 6) is 1.68. The largest absolute Gasteiger partial charge is 0.378 e. The van der Waals surface area contributed by atoms with Gasteiger partial charge in [-0.25, -0.2) is 4.98 Å². The number of hydrogen-bond donors (Lipinski definition) is 3. The molecule has 0 aromatic carbocycles. The molecule has 188 valence electrons. The maximum absolute atomic E-state index is 13.2. The summed E-state index contributed by atoms with van der Waals surface area (Å²) < 4.78 is 18.6. The van der Waals surface area contributed by atoms with Crippen molar-refractivity contribution in [2.45, 2.75) is 37.6 Å². The smallest absolute Gasteiger partial charge is 0.247 e. The lowest BCUT2D eigenvalue weighted by Crippen LogP contribution is -2.42. The number of amides is 1. The number of aromatic nitrogens is 6. The number of nitrogens with zero attached hydrogens (tertiary/aromatic N) is 7. The molecule has 1 saturated carbocycles. The predicted octanol–water partition coefficient (Wildman–Crippen LogP) is 2.19. The fraction of sp³-hybridized carbons (Fsp3) is 0.478. The van der Waals surface area contributed by atoms with Gasteiger partial charge in [-0.15, -0.1) is 0 Å². The van der Waals surface area contributed by atoms with Crippen LogP contribution in [0.4, 0.5) is 33.7 Å². The van der Waals surface area contributed by atoms with E-state index in [9.17, 15) is 9.18 Å². The van der Waals surface area contributed by atoms with Crippen molar-refractivity contribution in [2.75, 3.05) is 53.3 Å². The van der Waals surface area contributed by atoms with E-state index in [0.717, 1.165) is 12.1 Å². The van der Waals surface area contributed by atoms with Crippen LogP contribution in [0, 0.1) is 5.95 Å². The zero-order valence-corrected chi connectivity index (χ0v) is 19.7. The summed E-state index contributed by atoms with van der Waals surface area (Å²) in [5, 5.41) is 13.5. The lowest BCUT2D eigenvalue weighted by molar-refractivity contribution is -0.117. The van der Waals surface area contributed by atoms with Gasteiger partial charge in [0.25, 0.3) is 0 Å². The second-order valence-corrected chi connectivity index (χ2v) is 9.18. The molecule has 12 nitrogen and oxygen atoms in total. The number of nitrogens with one attached hydrogen (secondary N) is 3. The molecule has 0 spiro atoms. The highest BCUT2D eigenvalue weighted by Crippen LogP contribution is 2.39. The Labute approximate surface area is 206 Å². The van der Waals surface area contributed by atoms with Crippen molar-refractivity contribution in [3.8, 4) is 0 Å². The molecular weight excluding hydrogens is 467 g/mol. The lowest BCUT2D eigenvalue weighted by Gasteiger charge is -2.29. The predicted molar refractivity (Wildman–Crippen MR) is 130 cm³/mol. The van der Waals surface area contributed by atoms with Crippen molar-refractivity contribution in [3.05, 3.63) is 36.0 Å². The molecule has 3 fully saturated rings. The highest BCUT2D eigenvalue weighted by Gasteiger charge is 2.34. The van der Waals surface area contributed by atoms with Crippen LogP contribution in [0.25, 0.3) is 0 Å². The molecule has 3 aromatic heterocycles. The van der Waals surface area contributed by atoms with Crippen LogP contribution in [-0.4, -0.2) is 74.9 Å². The Bertz CT molecular complexity index is 1230. The summed E-state index contributed by atoms with van der Waals surface area (Å²) >= 11 is 0. The van der Waals surface area contributed by atoms with Crippen LogP contribution in [0.15, 0.2) is 24.4 Å². The summed E-state index contributed by atoms with van der Waals surface area (Å²) in [5.41, 5.74) is 1.54. The van der Waals surface area contributed by atoms with Crippen molar-refractivity contribution in [3.63, 3.8) is 0 Å². The zero-order valence-electron chi connectivity index (χ0n) is 19.7. The number of morpholine rings is 1. The highest BCUT2D eigenvalue weighted by atomic mass is 19.1. The first kappa shape index (κ1) is 22.6. The molecule has 1 amide bonds. The molecule has 36 heavy (non-hydrogen) atoms. The molecule has 1 atom stereocenters. The van der Waals surface area contributed by atoms with E-state index in [1.807, 2.05) is 11.0 Å². The fourth-order valence-electron chi connectivity index (χ4n) is 4.52. The number of carbonyl (C=O) groups is 1. The summed E-state index contributed by atoms with van der Waals surface area (Å²) in [6.45, 7) is 3.14. The molecule has 1 aliphatic carbocycles. The molecular formula is C23H27FN10O2. The number of halogens is 1. The summed E-state index contributed by atoms with van der Waals surface area (Å²) in [4.78, 5) is 34.7. The van der Waals surface area contributed by atoms with Gasteiger partial charge >= 0.3 is 0 Å². The van der Waals surface area contributed by atoms with Crippen LogP contribution in [0.3, 0.4) is 0 Å². The number of carbonyl (C=O) groups excluding carboxylic acids is 1. The molecule has 0 radical (unpaired) electrons. The highest BCUT2D eigenvalue weighted by molar-refractivity contribution is 5.96. The van der Waals surface area contributed by atoms with Crippen LogP contribution in [0.2, 0.25) is 0 Å². The standard InChI is InChI=1S/C23H27FN10O2/c24-18-6-5-15(13-25-18)26-20(35)17-2-1-7-34(17)23-29-21(27-19-12-16(31-32-19)14-3-4-14)28-22(30-23)33-8-10-36-11-9-33/h5-6,12-14,17H,1-4,7-11H2,(H,26,35)(H2,27,28,29,30,31,32)/t17-/m0/s1. The number of anilines is 5. The number of aromatic amines is 1. The molecule has 3 aliphatic rings. The number of H-pyrrole nitrogens is 1. The van der Waals surface area contributed by atoms with Crippen molar-refractivity contribution < 1.29 is 13.9 Å². The van der Waals surface area contributed by atoms with Crippen molar-refractivity contribution in [1.29, 1.82) is 0 Å². The average molecular weight is 495 g/mol. The van der Waals surface area contributed by atoms with Gasteiger partial charge in [0.2, 0.25) is 29.7 Å². The number of hydrogen-bond acceptors (Lipinski definition) is 10. The zero-order chi connectivity index (χ0) is 24.5. The average Bonchev–Trinajstić information content (AvgIpc) is 3.43. The Morgan fingerprint density at radius 3 is 2.69 bits per heavy atom. The van der Waals surface area contributed by atoms with Gasteiger partial charge in [-0.05, 0) is 37.8 Å². The molecule has 2 aliphatic heterocycles. The number of pyridine rings is 1. The van der Waals surface area contributed by atoms with Gasteiger partial charge in [0.1, 0.15) is 6.04 Å². The van der Waals surface area contributed by atoms with E-state index in [2.05, 4.69) is 40.7 Å². The Kier molecular flexibility index (Phi) is 6.05. The monoisotopic (exact) mass is 494 g/mol. The fourth-order valence-corrected chi connectivity index (χ4v) is 4.52. The normalized spacial score (nSPS) is 20.0.